The minimum absolute atomic E-state index is 0.285. The average molecular weight is 491 g/mol. The summed E-state index contributed by atoms with van der Waals surface area (Å²) in [5.74, 6) is 6.16. The number of hydrogen-bond donors (Lipinski definition) is 2. The fraction of sp³-hybridized carbons (Fsp3) is 0.259. The molecule has 1 aliphatic heterocycles. The smallest absolute Gasteiger partial charge is 0.355 e. The van der Waals surface area contributed by atoms with E-state index >= 15 is 0 Å². The zero-order valence-electron chi connectivity index (χ0n) is 19.7. The van der Waals surface area contributed by atoms with Gasteiger partial charge in [0.2, 0.25) is 0 Å². The lowest BCUT2D eigenvalue weighted by molar-refractivity contribution is -0.138. The van der Waals surface area contributed by atoms with Crippen molar-refractivity contribution in [3.8, 4) is 11.8 Å². The number of hydrogen-bond acceptors (Lipinski definition) is 5. The van der Waals surface area contributed by atoms with Crippen LogP contribution < -0.4 is 5.32 Å². The first-order chi connectivity index (χ1) is 17.3. The molecule has 0 radical (unpaired) electrons. The third-order valence-electron chi connectivity index (χ3n) is 6.20. The highest BCUT2D eigenvalue weighted by Gasteiger charge is 2.34. The first kappa shape index (κ1) is 23.9. The minimum atomic E-state index is -4.43. The summed E-state index contributed by atoms with van der Waals surface area (Å²) < 4.78 is 41.7. The van der Waals surface area contributed by atoms with Crippen LogP contribution in [0.4, 0.5) is 24.5 Å². The molecule has 9 heteroatoms. The summed E-state index contributed by atoms with van der Waals surface area (Å²) in [5.41, 5.74) is 2.89. The summed E-state index contributed by atoms with van der Waals surface area (Å²) in [4.78, 5) is 8.52. The molecule has 0 spiro atoms. The number of fused-ring (bicyclic) bond motifs is 1. The van der Waals surface area contributed by atoms with E-state index in [0.29, 0.717) is 22.6 Å². The van der Waals surface area contributed by atoms with E-state index in [1.807, 2.05) is 31.3 Å². The average Bonchev–Trinajstić information content (AvgIpc) is 3.33. The number of pyridine rings is 1. The second kappa shape index (κ2) is 10.0. The molecule has 0 unspecified atom stereocenters. The Kier molecular flexibility index (Phi) is 6.63. The van der Waals surface area contributed by atoms with Crippen LogP contribution in [0, 0.1) is 11.8 Å². The van der Waals surface area contributed by atoms with Gasteiger partial charge in [0.1, 0.15) is 0 Å². The van der Waals surface area contributed by atoms with Crippen LogP contribution in [0.15, 0.2) is 60.9 Å². The van der Waals surface area contributed by atoms with E-state index in [-0.39, 0.29) is 6.54 Å². The summed E-state index contributed by atoms with van der Waals surface area (Å²) in [6, 6.07) is 13.6. The summed E-state index contributed by atoms with van der Waals surface area (Å²) in [6.07, 6.45) is -1.08. The number of aromatic amines is 1. The van der Waals surface area contributed by atoms with Crippen molar-refractivity contribution in [2.45, 2.75) is 12.7 Å². The molecule has 184 valence electrons. The summed E-state index contributed by atoms with van der Waals surface area (Å²) in [6.45, 7) is 3.51. The Hall–Kier alpha value is -3.87. The first-order valence-electron chi connectivity index (χ1n) is 11.6. The highest BCUT2D eigenvalue weighted by molar-refractivity contribution is 5.75. The van der Waals surface area contributed by atoms with Crippen molar-refractivity contribution in [3.63, 3.8) is 0 Å². The highest BCUT2D eigenvalue weighted by atomic mass is 19.4. The largest absolute Gasteiger partial charge is 0.416 e. The summed E-state index contributed by atoms with van der Waals surface area (Å²) in [7, 11) is 2.02. The second-order valence-electron chi connectivity index (χ2n) is 8.94. The molecule has 0 amide bonds. The van der Waals surface area contributed by atoms with Crippen LogP contribution in [-0.4, -0.2) is 58.2 Å². The van der Waals surface area contributed by atoms with E-state index in [0.717, 1.165) is 42.7 Å². The van der Waals surface area contributed by atoms with Gasteiger partial charge < -0.3 is 10.2 Å². The molecule has 2 N–H and O–H groups in total. The topological polar surface area (TPSA) is 60.1 Å². The Morgan fingerprint density at radius 3 is 2.53 bits per heavy atom. The van der Waals surface area contributed by atoms with E-state index in [1.54, 1.807) is 30.6 Å². The molecule has 0 bridgehead atoms. The number of nitrogens with zero attached hydrogens (tertiary/aromatic N) is 4. The zero-order chi connectivity index (χ0) is 25.1. The van der Waals surface area contributed by atoms with Gasteiger partial charge >= 0.3 is 6.18 Å². The van der Waals surface area contributed by atoms with E-state index < -0.39 is 11.7 Å². The number of anilines is 2. The Morgan fingerprint density at radius 2 is 1.72 bits per heavy atom. The molecule has 3 heterocycles. The fourth-order valence-corrected chi connectivity index (χ4v) is 4.19. The van der Waals surface area contributed by atoms with E-state index in [1.165, 1.54) is 6.07 Å². The molecule has 6 nitrogen and oxygen atoms in total. The molecule has 1 fully saturated rings. The standard InChI is InChI=1S/C27H25F3N6/c1-35-9-11-36(12-10-35)18-21-7-8-24(15-25(21)27(28,29)30)33-23-4-2-3-19(14-23)5-6-20-13-22-17-32-34-26(22)31-16-20/h2-4,7-8,13-17,33H,9-12,18H2,1H3,(H,31,32,34). The molecular weight excluding hydrogens is 465 g/mol. The van der Waals surface area contributed by atoms with Gasteiger partial charge in [-0.3, -0.25) is 10.00 Å². The van der Waals surface area contributed by atoms with Gasteiger partial charge in [0, 0.05) is 66.8 Å². The van der Waals surface area contributed by atoms with Crippen molar-refractivity contribution in [1.29, 1.82) is 0 Å². The van der Waals surface area contributed by atoms with Crippen molar-refractivity contribution in [2.24, 2.45) is 0 Å². The lowest BCUT2D eigenvalue weighted by Gasteiger charge is -2.33. The van der Waals surface area contributed by atoms with Crippen LogP contribution >= 0.6 is 0 Å². The van der Waals surface area contributed by atoms with Gasteiger partial charge in [0.05, 0.1) is 11.8 Å². The van der Waals surface area contributed by atoms with Gasteiger partial charge in [-0.05, 0) is 49.0 Å². The van der Waals surface area contributed by atoms with Crippen molar-refractivity contribution in [3.05, 3.63) is 83.2 Å². The molecule has 36 heavy (non-hydrogen) atoms. The SMILES string of the molecule is CN1CCN(Cc2ccc(Nc3cccc(C#Cc4cnc5[nH]ncc5c4)c3)cc2C(F)(F)F)CC1. The monoisotopic (exact) mass is 490 g/mol. The normalized spacial score (nSPS) is 15.0. The number of rotatable bonds is 4. The third-order valence-corrected chi connectivity index (χ3v) is 6.20. The van der Waals surface area contributed by atoms with Crippen molar-refractivity contribution in [1.82, 2.24) is 25.0 Å². The van der Waals surface area contributed by atoms with Crippen molar-refractivity contribution in [2.75, 3.05) is 38.5 Å². The van der Waals surface area contributed by atoms with Gasteiger partial charge in [0.15, 0.2) is 5.65 Å². The molecule has 0 saturated carbocycles. The van der Waals surface area contributed by atoms with Gasteiger partial charge in [-0.1, -0.05) is 24.0 Å². The Balaban J connectivity index is 1.33. The Labute approximate surface area is 207 Å². The number of piperazine rings is 1. The number of halogens is 3. The molecule has 4 aromatic rings. The lowest BCUT2D eigenvalue weighted by atomic mass is 10.0. The predicted octanol–water partition coefficient (Wildman–Crippen LogP) is 4.87. The molecule has 2 aromatic carbocycles. The maximum atomic E-state index is 13.9. The number of likely N-dealkylation sites (N-methyl/N-ethyl adjacent to an activating group) is 1. The first-order valence-corrected chi connectivity index (χ1v) is 11.6. The van der Waals surface area contributed by atoms with Crippen LogP contribution in [0.3, 0.4) is 0 Å². The number of aromatic nitrogens is 3. The second-order valence-corrected chi connectivity index (χ2v) is 8.94. The van der Waals surface area contributed by atoms with Crippen LogP contribution in [0.5, 0.6) is 0 Å². The number of nitrogens with one attached hydrogen (secondary N) is 2. The zero-order valence-corrected chi connectivity index (χ0v) is 19.7. The van der Waals surface area contributed by atoms with Gasteiger partial charge in [-0.2, -0.15) is 18.3 Å². The maximum absolute atomic E-state index is 13.9. The maximum Gasteiger partial charge on any atom is 0.416 e. The third kappa shape index (κ3) is 5.67. The van der Waals surface area contributed by atoms with Crippen LogP contribution in [0.2, 0.25) is 0 Å². The Morgan fingerprint density at radius 1 is 0.944 bits per heavy atom. The minimum Gasteiger partial charge on any atom is -0.355 e. The quantitative estimate of drug-likeness (QED) is 0.400. The summed E-state index contributed by atoms with van der Waals surface area (Å²) >= 11 is 0. The molecule has 0 aliphatic carbocycles. The predicted molar refractivity (Wildman–Crippen MR) is 134 cm³/mol. The molecular formula is C27H25F3N6. The molecule has 5 rings (SSSR count). The van der Waals surface area contributed by atoms with Crippen LogP contribution in [0.1, 0.15) is 22.3 Å². The van der Waals surface area contributed by atoms with Crippen molar-refractivity contribution >= 4 is 22.4 Å². The van der Waals surface area contributed by atoms with Crippen molar-refractivity contribution < 1.29 is 13.2 Å². The van der Waals surface area contributed by atoms with E-state index in [9.17, 15) is 13.2 Å². The fourth-order valence-electron chi connectivity index (χ4n) is 4.19. The van der Waals surface area contributed by atoms with Crippen LogP contribution in [-0.2, 0) is 12.7 Å². The molecule has 1 saturated heterocycles. The van der Waals surface area contributed by atoms with Gasteiger partial charge in [0.25, 0.3) is 0 Å². The van der Waals surface area contributed by atoms with Gasteiger partial charge in [-0.25, -0.2) is 4.98 Å². The van der Waals surface area contributed by atoms with Gasteiger partial charge in [-0.15, -0.1) is 0 Å². The summed E-state index contributed by atoms with van der Waals surface area (Å²) in [5, 5.41) is 10.7. The lowest BCUT2D eigenvalue weighted by Crippen LogP contribution is -2.44. The number of alkyl halides is 3. The van der Waals surface area contributed by atoms with E-state index in [2.05, 4.69) is 42.1 Å². The van der Waals surface area contributed by atoms with E-state index in [4.69, 9.17) is 0 Å². The van der Waals surface area contributed by atoms with Crippen LogP contribution in [0.25, 0.3) is 11.0 Å². The molecule has 1 aliphatic rings. The number of benzene rings is 2. The highest BCUT2D eigenvalue weighted by Crippen LogP contribution is 2.35. The molecule has 0 atom stereocenters. The molecule has 2 aromatic heterocycles. The number of H-pyrrole nitrogens is 1. The Bertz CT molecular complexity index is 1420.